The fourth-order valence-electron chi connectivity index (χ4n) is 1.41. The zero-order chi connectivity index (χ0) is 10.6. The van der Waals surface area contributed by atoms with Crippen molar-refractivity contribution < 1.29 is 0 Å². The highest BCUT2D eigenvalue weighted by Crippen LogP contribution is 2.21. The maximum atomic E-state index is 5.81. The zero-order valence-corrected chi connectivity index (χ0v) is 8.75. The molecule has 0 aliphatic rings. The van der Waals surface area contributed by atoms with Crippen molar-refractivity contribution in [2.24, 2.45) is 0 Å². The van der Waals surface area contributed by atoms with Gasteiger partial charge in [0.25, 0.3) is 0 Å². The van der Waals surface area contributed by atoms with Gasteiger partial charge in [0, 0.05) is 24.0 Å². The van der Waals surface area contributed by atoms with Gasteiger partial charge in [0.2, 0.25) is 0 Å². The quantitative estimate of drug-likeness (QED) is 0.448. The van der Waals surface area contributed by atoms with Crippen LogP contribution in [0.25, 0.3) is 0 Å². The molecule has 2 heteroatoms. The minimum atomic E-state index is 0.809. The molecule has 0 atom stereocenters. The first kappa shape index (κ1) is 10.5. The van der Waals surface area contributed by atoms with Gasteiger partial charge in [-0.05, 0) is 37.1 Å². The van der Waals surface area contributed by atoms with E-state index in [4.69, 9.17) is 12.2 Å². The van der Waals surface area contributed by atoms with E-state index in [1.54, 1.807) is 0 Å². The van der Waals surface area contributed by atoms with E-state index in [1.165, 1.54) is 0 Å². The molecule has 0 fully saturated rings. The summed E-state index contributed by atoms with van der Waals surface area (Å²) in [7, 11) is 0. The lowest BCUT2D eigenvalue weighted by molar-refractivity contribution is 1.04. The summed E-state index contributed by atoms with van der Waals surface area (Å²) in [6.07, 6.45) is 6.32. The first-order chi connectivity index (χ1) is 6.72. The molecule has 0 saturated heterocycles. The van der Waals surface area contributed by atoms with Crippen molar-refractivity contribution in [2.75, 3.05) is 17.2 Å². The molecule has 74 valence electrons. The van der Waals surface area contributed by atoms with Crippen LogP contribution >= 0.6 is 0 Å². The molecular formula is C12H16N2. The monoisotopic (exact) mass is 188 g/mol. The number of rotatable bonds is 3. The number of nitrogens with two attached hydrogens (primary N) is 1. The fourth-order valence-corrected chi connectivity index (χ4v) is 1.41. The van der Waals surface area contributed by atoms with Crippen LogP contribution in [0.1, 0.15) is 19.4 Å². The third-order valence-corrected chi connectivity index (χ3v) is 2.29. The Labute approximate surface area is 85.7 Å². The smallest absolute Gasteiger partial charge is 0.0493 e. The molecule has 0 aliphatic carbocycles. The Morgan fingerprint density at radius 2 is 2.14 bits per heavy atom. The number of hydrogen-bond acceptors (Lipinski definition) is 2. The zero-order valence-electron chi connectivity index (χ0n) is 8.75. The van der Waals surface area contributed by atoms with Crippen molar-refractivity contribution in [3.8, 4) is 12.5 Å². The van der Waals surface area contributed by atoms with Crippen molar-refractivity contribution in [3.05, 3.63) is 23.8 Å². The molecule has 0 aromatic heterocycles. The van der Waals surface area contributed by atoms with Gasteiger partial charge in [0.15, 0.2) is 0 Å². The van der Waals surface area contributed by atoms with Crippen LogP contribution in [0, 0.1) is 12.5 Å². The van der Waals surface area contributed by atoms with E-state index in [-0.39, 0.29) is 0 Å². The molecular weight excluding hydrogens is 172 g/mol. The minimum absolute atomic E-state index is 0.809. The molecule has 0 spiro atoms. The summed E-state index contributed by atoms with van der Waals surface area (Å²) in [6.45, 7) is 4.92. The molecule has 0 unspecified atom stereocenters. The Kier molecular flexibility index (Phi) is 3.41. The van der Waals surface area contributed by atoms with E-state index >= 15 is 0 Å². The van der Waals surface area contributed by atoms with Crippen LogP contribution in [0.15, 0.2) is 18.2 Å². The van der Waals surface area contributed by atoms with Crippen molar-refractivity contribution in [3.63, 3.8) is 0 Å². The topological polar surface area (TPSA) is 29.3 Å². The molecule has 0 radical (unpaired) electrons. The van der Waals surface area contributed by atoms with Crippen molar-refractivity contribution in [2.45, 2.75) is 20.3 Å². The van der Waals surface area contributed by atoms with Gasteiger partial charge in [-0.25, -0.2) is 0 Å². The van der Waals surface area contributed by atoms with Crippen molar-refractivity contribution >= 4 is 11.4 Å². The Bertz CT molecular complexity index is 350. The Morgan fingerprint density at radius 3 is 2.64 bits per heavy atom. The maximum absolute atomic E-state index is 5.81. The number of benzene rings is 1. The molecule has 1 aromatic carbocycles. The second-order valence-corrected chi connectivity index (χ2v) is 3.11. The Hall–Kier alpha value is -1.62. The highest BCUT2D eigenvalue weighted by atomic mass is 15.1. The molecule has 2 N–H and O–H groups in total. The number of anilines is 2. The van der Waals surface area contributed by atoms with Gasteiger partial charge in [-0.15, -0.1) is 0 Å². The number of nitrogens with zero attached hydrogens (tertiary/aromatic N) is 1. The molecule has 1 aromatic rings. The van der Waals surface area contributed by atoms with Crippen LogP contribution in [-0.2, 0) is 6.42 Å². The van der Waals surface area contributed by atoms with Crippen LogP contribution in [0.4, 0.5) is 11.4 Å². The number of hydrogen-bond donors (Lipinski definition) is 1. The van der Waals surface area contributed by atoms with Gasteiger partial charge in [-0.3, -0.25) is 0 Å². The van der Waals surface area contributed by atoms with Crippen LogP contribution in [0.3, 0.4) is 0 Å². The molecule has 0 heterocycles. The molecule has 2 nitrogen and oxygen atoms in total. The van der Waals surface area contributed by atoms with Crippen LogP contribution in [0.2, 0.25) is 0 Å². The average molecular weight is 188 g/mol. The molecule has 0 bridgehead atoms. The van der Waals surface area contributed by atoms with Crippen LogP contribution in [0.5, 0.6) is 0 Å². The summed E-state index contributed by atoms with van der Waals surface area (Å²) in [5, 5.41) is 0. The van der Waals surface area contributed by atoms with Gasteiger partial charge >= 0.3 is 0 Å². The second-order valence-electron chi connectivity index (χ2n) is 3.11. The summed E-state index contributed by atoms with van der Waals surface area (Å²) in [5.74, 6) is 0. The van der Waals surface area contributed by atoms with Crippen LogP contribution in [-0.4, -0.2) is 6.54 Å². The Morgan fingerprint density at radius 1 is 1.43 bits per heavy atom. The molecule has 14 heavy (non-hydrogen) atoms. The van der Waals surface area contributed by atoms with E-state index in [0.717, 1.165) is 29.9 Å². The third kappa shape index (κ3) is 2.00. The predicted octanol–water partition coefficient (Wildman–Crippen LogP) is 2.25. The number of nitrogen functional groups attached to an aromatic ring is 1. The second kappa shape index (κ2) is 4.57. The predicted molar refractivity (Wildman–Crippen MR) is 62.1 cm³/mol. The summed E-state index contributed by atoms with van der Waals surface area (Å²) < 4.78 is 0. The van der Waals surface area contributed by atoms with Gasteiger partial charge in [-0.1, -0.05) is 13.3 Å². The highest BCUT2D eigenvalue weighted by Gasteiger charge is 2.03. The molecule has 1 rings (SSSR count). The molecule has 0 aliphatic heterocycles. The third-order valence-electron chi connectivity index (χ3n) is 2.29. The van der Waals surface area contributed by atoms with E-state index in [2.05, 4.69) is 19.0 Å². The average Bonchev–Trinajstić information content (AvgIpc) is 2.22. The minimum Gasteiger partial charge on any atom is -0.399 e. The van der Waals surface area contributed by atoms with E-state index in [0.29, 0.717) is 0 Å². The van der Waals surface area contributed by atoms with Crippen molar-refractivity contribution in [1.82, 2.24) is 0 Å². The van der Waals surface area contributed by atoms with Gasteiger partial charge in [0.05, 0.1) is 0 Å². The largest absolute Gasteiger partial charge is 0.399 e. The molecule has 0 amide bonds. The highest BCUT2D eigenvalue weighted by molar-refractivity contribution is 5.60. The van der Waals surface area contributed by atoms with Gasteiger partial charge in [-0.2, -0.15) is 0 Å². The van der Waals surface area contributed by atoms with E-state index in [9.17, 15) is 0 Å². The summed E-state index contributed by atoms with van der Waals surface area (Å²) >= 11 is 0. The van der Waals surface area contributed by atoms with Crippen LogP contribution < -0.4 is 10.6 Å². The first-order valence-electron chi connectivity index (χ1n) is 4.85. The number of terminal acetylenes is 1. The van der Waals surface area contributed by atoms with E-state index in [1.807, 2.05) is 24.0 Å². The van der Waals surface area contributed by atoms with Crippen molar-refractivity contribution in [1.29, 1.82) is 0 Å². The lowest BCUT2D eigenvalue weighted by atomic mass is 10.1. The van der Waals surface area contributed by atoms with Gasteiger partial charge < -0.3 is 10.6 Å². The SMILES string of the molecule is C#CN(CC)c1ccc(N)c(CC)c1. The fraction of sp³-hybridized carbons (Fsp3) is 0.333. The summed E-state index contributed by atoms with van der Waals surface area (Å²) in [5.41, 5.74) is 8.84. The first-order valence-corrected chi connectivity index (χ1v) is 4.85. The number of aryl methyl sites for hydroxylation is 1. The lowest BCUT2D eigenvalue weighted by Gasteiger charge is -2.16. The van der Waals surface area contributed by atoms with Gasteiger partial charge in [0.1, 0.15) is 0 Å². The normalized spacial score (nSPS) is 9.50. The summed E-state index contributed by atoms with van der Waals surface area (Å²) in [6, 6.07) is 8.55. The standard InChI is InChI=1S/C12H16N2/c1-4-10-9-11(7-8-12(10)13)14(5-2)6-3/h2,7-9H,4,6,13H2,1,3H3. The summed E-state index contributed by atoms with van der Waals surface area (Å²) in [4.78, 5) is 1.86. The Balaban J connectivity index is 3.06. The molecule has 0 saturated carbocycles. The lowest BCUT2D eigenvalue weighted by Crippen LogP contribution is -2.15. The maximum Gasteiger partial charge on any atom is 0.0493 e. The van der Waals surface area contributed by atoms with E-state index < -0.39 is 0 Å².